The summed E-state index contributed by atoms with van der Waals surface area (Å²) in [7, 11) is 1.81. The van der Waals surface area contributed by atoms with Crippen LogP contribution < -0.4 is 5.32 Å². The van der Waals surface area contributed by atoms with Crippen molar-refractivity contribution in [2.75, 3.05) is 7.11 Å². The maximum absolute atomic E-state index is 13.4. The molecule has 0 radical (unpaired) electrons. The summed E-state index contributed by atoms with van der Waals surface area (Å²) in [5.41, 5.74) is 0.737. The Morgan fingerprint density at radius 3 is 2.71 bits per heavy atom. The Bertz CT molecular complexity index is 544. The molecule has 1 aromatic carbocycles. The summed E-state index contributed by atoms with van der Waals surface area (Å²) >= 11 is 0. The molecule has 4 heteroatoms. The van der Waals surface area contributed by atoms with E-state index in [1.807, 2.05) is 7.11 Å². The van der Waals surface area contributed by atoms with Crippen LogP contribution in [0.15, 0.2) is 24.3 Å². The van der Waals surface area contributed by atoms with Gasteiger partial charge in [0.2, 0.25) is 0 Å². The topological polar surface area (TPSA) is 41.5 Å². The van der Waals surface area contributed by atoms with E-state index < -0.39 is 6.10 Å². The summed E-state index contributed by atoms with van der Waals surface area (Å²) in [5.74, 6) is 0.446. The fourth-order valence-corrected chi connectivity index (χ4v) is 4.60. The number of halogens is 1. The normalized spacial score (nSPS) is 35.1. The molecule has 1 aliphatic heterocycles. The Balaban J connectivity index is 1.56. The Morgan fingerprint density at radius 2 is 2.04 bits per heavy atom. The minimum absolute atomic E-state index is 0.00659. The predicted molar refractivity (Wildman–Crippen MR) is 93.3 cm³/mol. The summed E-state index contributed by atoms with van der Waals surface area (Å²) in [4.78, 5) is 0. The Morgan fingerprint density at radius 1 is 1.29 bits per heavy atom. The Kier molecular flexibility index (Phi) is 5.58. The SMILES string of the molecule is COC1CCC(C[C@@]2(C)CC[C@H]([C@H](O)c3cccc(F)c3)N2)CC1. The maximum atomic E-state index is 13.4. The lowest BCUT2D eigenvalue weighted by Gasteiger charge is -2.35. The van der Waals surface area contributed by atoms with Gasteiger partial charge in [-0.15, -0.1) is 0 Å². The second-order valence-corrected chi connectivity index (χ2v) is 7.93. The first-order valence-corrected chi connectivity index (χ1v) is 9.23. The van der Waals surface area contributed by atoms with Crippen molar-refractivity contribution < 1.29 is 14.2 Å². The molecule has 0 spiro atoms. The van der Waals surface area contributed by atoms with Crippen molar-refractivity contribution in [1.82, 2.24) is 5.32 Å². The first-order valence-electron chi connectivity index (χ1n) is 9.23. The van der Waals surface area contributed by atoms with Gasteiger partial charge in [0.25, 0.3) is 0 Å². The highest BCUT2D eigenvalue weighted by molar-refractivity contribution is 5.21. The highest BCUT2D eigenvalue weighted by Gasteiger charge is 2.39. The number of methoxy groups -OCH3 is 1. The zero-order valence-electron chi connectivity index (χ0n) is 14.8. The van der Waals surface area contributed by atoms with Crippen molar-refractivity contribution in [3.05, 3.63) is 35.6 Å². The minimum atomic E-state index is -0.647. The van der Waals surface area contributed by atoms with Crippen LogP contribution in [0.2, 0.25) is 0 Å². The molecule has 2 fully saturated rings. The van der Waals surface area contributed by atoms with Crippen LogP contribution in [0, 0.1) is 11.7 Å². The summed E-state index contributed by atoms with van der Waals surface area (Å²) in [6, 6.07) is 6.33. The summed E-state index contributed by atoms with van der Waals surface area (Å²) in [6.45, 7) is 2.27. The van der Waals surface area contributed by atoms with E-state index in [1.54, 1.807) is 12.1 Å². The molecule has 1 aromatic rings. The number of benzene rings is 1. The zero-order chi connectivity index (χ0) is 17.2. The van der Waals surface area contributed by atoms with E-state index in [9.17, 15) is 9.50 Å². The van der Waals surface area contributed by atoms with Crippen molar-refractivity contribution in [2.24, 2.45) is 5.92 Å². The van der Waals surface area contributed by atoms with Crippen molar-refractivity contribution in [3.8, 4) is 0 Å². The number of rotatable bonds is 5. The Hall–Kier alpha value is -0.970. The van der Waals surface area contributed by atoms with E-state index in [0.29, 0.717) is 11.7 Å². The van der Waals surface area contributed by atoms with E-state index in [-0.39, 0.29) is 17.4 Å². The van der Waals surface area contributed by atoms with Crippen molar-refractivity contribution >= 4 is 0 Å². The van der Waals surface area contributed by atoms with Gasteiger partial charge in [-0.05, 0) is 75.5 Å². The third-order valence-corrected chi connectivity index (χ3v) is 5.98. The van der Waals surface area contributed by atoms with Crippen molar-refractivity contribution in [3.63, 3.8) is 0 Å². The number of aliphatic hydroxyl groups excluding tert-OH is 1. The van der Waals surface area contributed by atoms with Crippen LogP contribution in [-0.4, -0.2) is 29.9 Å². The van der Waals surface area contributed by atoms with E-state index in [1.165, 1.54) is 25.0 Å². The van der Waals surface area contributed by atoms with Gasteiger partial charge in [0.05, 0.1) is 12.2 Å². The van der Waals surface area contributed by atoms with Crippen LogP contribution in [-0.2, 0) is 4.74 Å². The molecule has 1 aliphatic carbocycles. The van der Waals surface area contributed by atoms with Crippen LogP contribution in [0.4, 0.5) is 4.39 Å². The number of aliphatic hydroxyl groups is 1. The number of hydrogen-bond acceptors (Lipinski definition) is 3. The number of hydrogen-bond donors (Lipinski definition) is 2. The van der Waals surface area contributed by atoms with Gasteiger partial charge in [-0.25, -0.2) is 4.39 Å². The molecule has 1 saturated heterocycles. The minimum Gasteiger partial charge on any atom is -0.387 e. The predicted octanol–water partition coefficient (Wildman–Crippen LogP) is 3.97. The molecule has 3 nitrogen and oxygen atoms in total. The lowest BCUT2D eigenvalue weighted by molar-refractivity contribution is 0.0504. The van der Waals surface area contributed by atoms with E-state index in [4.69, 9.17) is 4.74 Å². The van der Waals surface area contributed by atoms with Crippen LogP contribution in [0.3, 0.4) is 0 Å². The molecule has 3 atom stereocenters. The molecular formula is C20H30FNO2. The second-order valence-electron chi connectivity index (χ2n) is 7.93. The summed E-state index contributed by atoms with van der Waals surface area (Å²) in [6.07, 6.45) is 7.71. The third kappa shape index (κ3) is 4.16. The maximum Gasteiger partial charge on any atom is 0.123 e. The molecule has 0 unspecified atom stereocenters. The van der Waals surface area contributed by atoms with Crippen molar-refractivity contribution in [1.29, 1.82) is 0 Å². The van der Waals surface area contributed by atoms with Gasteiger partial charge in [0.15, 0.2) is 0 Å². The average Bonchev–Trinajstić information content (AvgIpc) is 2.97. The average molecular weight is 335 g/mol. The third-order valence-electron chi connectivity index (χ3n) is 5.98. The van der Waals surface area contributed by atoms with Gasteiger partial charge in [-0.1, -0.05) is 12.1 Å². The van der Waals surface area contributed by atoms with Gasteiger partial charge < -0.3 is 15.2 Å². The number of nitrogens with one attached hydrogen (secondary N) is 1. The van der Waals surface area contributed by atoms with Crippen molar-refractivity contribution in [2.45, 2.75) is 75.7 Å². The summed E-state index contributed by atoms with van der Waals surface area (Å²) in [5, 5.41) is 14.3. The van der Waals surface area contributed by atoms with Gasteiger partial charge >= 0.3 is 0 Å². The lowest BCUT2D eigenvalue weighted by atomic mass is 9.78. The largest absolute Gasteiger partial charge is 0.387 e. The van der Waals surface area contributed by atoms with Gasteiger partial charge in [-0.3, -0.25) is 0 Å². The van der Waals surface area contributed by atoms with Gasteiger partial charge in [0, 0.05) is 18.7 Å². The summed E-state index contributed by atoms with van der Waals surface area (Å²) < 4.78 is 18.9. The van der Waals surface area contributed by atoms with Crippen LogP contribution in [0.25, 0.3) is 0 Å². The molecular weight excluding hydrogens is 305 g/mol. The molecule has 1 heterocycles. The molecule has 1 saturated carbocycles. The lowest BCUT2D eigenvalue weighted by Crippen LogP contribution is -2.44. The molecule has 0 amide bonds. The van der Waals surface area contributed by atoms with E-state index >= 15 is 0 Å². The quantitative estimate of drug-likeness (QED) is 0.856. The van der Waals surface area contributed by atoms with Gasteiger partial charge in [-0.2, -0.15) is 0 Å². The van der Waals surface area contributed by atoms with E-state index in [0.717, 1.165) is 38.0 Å². The zero-order valence-corrected chi connectivity index (χ0v) is 14.8. The molecule has 3 rings (SSSR count). The van der Waals surface area contributed by atoms with Crippen LogP contribution >= 0.6 is 0 Å². The van der Waals surface area contributed by atoms with E-state index in [2.05, 4.69) is 12.2 Å². The molecule has 2 N–H and O–H groups in total. The van der Waals surface area contributed by atoms with Crippen LogP contribution in [0.5, 0.6) is 0 Å². The standard InChI is InChI=1S/C20H30FNO2/c1-20(13-14-6-8-17(24-2)9-7-14)11-10-18(22-20)19(23)15-4-3-5-16(21)12-15/h3-5,12,14,17-19,22-23H,6-11,13H2,1-2H3/t14?,17?,18-,19-,20-/m1/s1. The highest BCUT2D eigenvalue weighted by Crippen LogP contribution is 2.38. The first kappa shape index (κ1) is 17.8. The van der Waals surface area contributed by atoms with Gasteiger partial charge in [0.1, 0.15) is 5.82 Å². The molecule has 134 valence electrons. The first-order chi connectivity index (χ1) is 11.5. The number of ether oxygens (including phenoxy) is 1. The molecule has 0 aromatic heterocycles. The fraction of sp³-hybridized carbons (Fsp3) is 0.700. The smallest absolute Gasteiger partial charge is 0.123 e. The highest BCUT2D eigenvalue weighted by atomic mass is 19.1. The molecule has 0 bridgehead atoms. The monoisotopic (exact) mass is 335 g/mol. The Labute approximate surface area is 144 Å². The molecule has 2 aliphatic rings. The molecule has 24 heavy (non-hydrogen) atoms. The second kappa shape index (κ2) is 7.51. The fourth-order valence-electron chi connectivity index (χ4n) is 4.60. The van der Waals surface area contributed by atoms with Crippen LogP contribution in [0.1, 0.15) is 63.5 Å².